The van der Waals surface area contributed by atoms with Crippen molar-refractivity contribution in [1.82, 2.24) is 0 Å². The van der Waals surface area contributed by atoms with E-state index in [1.54, 1.807) is 0 Å². The standard InChI is InChI=1S/C5H7NO3/c7-4-6-3-5-8-1-2-9-5/h5H,1-3H2. The molecule has 1 saturated heterocycles. The van der Waals surface area contributed by atoms with Crippen LogP contribution < -0.4 is 0 Å². The molecule has 0 saturated carbocycles. The average molecular weight is 129 g/mol. The molecule has 9 heavy (non-hydrogen) atoms. The van der Waals surface area contributed by atoms with Crippen LogP contribution in [0.4, 0.5) is 0 Å². The highest BCUT2D eigenvalue weighted by molar-refractivity contribution is 5.32. The number of isocyanates is 1. The van der Waals surface area contributed by atoms with Gasteiger partial charge in [0.1, 0.15) is 6.54 Å². The van der Waals surface area contributed by atoms with Crippen LogP contribution in [0.1, 0.15) is 0 Å². The summed E-state index contributed by atoms with van der Waals surface area (Å²) >= 11 is 0. The highest BCUT2D eigenvalue weighted by Gasteiger charge is 2.14. The van der Waals surface area contributed by atoms with Crippen LogP contribution >= 0.6 is 0 Å². The summed E-state index contributed by atoms with van der Waals surface area (Å²) in [6, 6.07) is 0. The molecule has 0 aliphatic carbocycles. The normalized spacial score (nSPS) is 19.6. The van der Waals surface area contributed by atoms with Gasteiger partial charge in [0.05, 0.1) is 13.2 Å². The Hall–Kier alpha value is -0.700. The maximum Gasteiger partial charge on any atom is 0.235 e. The zero-order chi connectivity index (χ0) is 6.53. The molecule has 1 heterocycles. The van der Waals surface area contributed by atoms with Crippen LogP contribution in [-0.2, 0) is 14.3 Å². The van der Waals surface area contributed by atoms with Crippen molar-refractivity contribution in [3.63, 3.8) is 0 Å². The predicted octanol–water partition coefficient (Wildman–Crippen LogP) is -0.305. The lowest BCUT2D eigenvalue weighted by Crippen LogP contribution is -2.10. The molecule has 0 amide bonds. The highest BCUT2D eigenvalue weighted by atomic mass is 16.7. The first-order valence-electron chi connectivity index (χ1n) is 2.70. The molecule has 0 aromatic carbocycles. The molecule has 0 atom stereocenters. The molecular weight excluding hydrogens is 122 g/mol. The molecule has 0 radical (unpaired) electrons. The largest absolute Gasteiger partial charge is 0.348 e. The molecule has 0 bridgehead atoms. The van der Waals surface area contributed by atoms with Crippen molar-refractivity contribution in [3.8, 4) is 0 Å². The lowest BCUT2D eigenvalue weighted by Gasteiger charge is -2.01. The molecule has 1 fully saturated rings. The van der Waals surface area contributed by atoms with E-state index in [1.807, 2.05) is 0 Å². The first kappa shape index (κ1) is 6.42. The maximum atomic E-state index is 9.56. The van der Waals surface area contributed by atoms with E-state index in [0.29, 0.717) is 13.2 Å². The summed E-state index contributed by atoms with van der Waals surface area (Å²) < 4.78 is 9.92. The van der Waals surface area contributed by atoms with Gasteiger partial charge in [-0.05, 0) is 0 Å². The summed E-state index contributed by atoms with van der Waals surface area (Å²) in [5.41, 5.74) is 0. The number of carbonyl (C=O) groups excluding carboxylic acids is 1. The quantitative estimate of drug-likeness (QED) is 0.379. The number of rotatable bonds is 2. The van der Waals surface area contributed by atoms with Gasteiger partial charge in [-0.2, -0.15) is 0 Å². The number of hydrogen-bond donors (Lipinski definition) is 0. The van der Waals surface area contributed by atoms with Gasteiger partial charge in [-0.25, -0.2) is 9.79 Å². The Morgan fingerprint density at radius 1 is 1.56 bits per heavy atom. The minimum Gasteiger partial charge on any atom is -0.348 e. The number of ether oxygens (including phenoxy) is 2. The Bertz CT molecular complexity index is 124. The van der Waals surface area contributed by atoms with Gasteiger partial charge in [0, 0.05) is 0 Å². The average Bonchev–Trinajstić information content (AvgIpc) is 2.34. The third-order valence-electron chi connectivity index (χ3n) is 0.996. The van der Waals surface area contributed by atoms with Crippen molar-refractivity contribution in [3.05, 3.63) is 0 Å². The van der Waals surface area contributed by atoms with Crippen molar-refractivity contribution in [1.29, 1.82) is 0 Å². The van der Waals surface area contributed by atoms with Crippen molar-refractivity contribution < 1.29 is 14.3 Å². The lowest BCUT2D eigenvalue weighted by atomic mass is 10.6. The first-order valence-corrected chi connectivity index (χ1v) is 2.70. The van der Waals surface area contributed by atoms with Gasteiger partial charge in [-0.15, -0.1) is 0 Å². The van der Waals surface area contributed by atoms with Gasteiger partial charge < -0.3 is 9.47 Å². The van der Waals surface area contributed by atoms with Crippen molar-refractivity contribution in [2.75, 3.05) is 19.8 Å². The van der Waals surface area contributed by atoms with Crippen LogP contribution in [0.25, 0.3) is 0 Å². The topological polar surface area (TPSA) is 47.9 Å². The monoisotopic (exact) mass is 129 g/mol. The number of hydrogen-bond acceptors (Lipinski definition) is 4. The van der Waals surface area contributed by atoms with Gasteiger partial charge in [-0.3, -0.25) is 0 Å². The second-order valence-corrected chi connectivity index (χ2v) is 1.60. The Morgan fingerprint density at radius 2 is 2.22 bits per heavy atom. The summed E-state index contributed by atoms with van der Waals surface area (Å²) in [4.78, 5) is 12.9. The minimum absolute atomic E-state index is 0.267. The summed E-state index contributed by atoms with van der Waals surface area (Å²) in [6.45, 7) is 1.46. The molecule has 0 unspecified atom stereocenters. The van der Waals surface area contributed by atoms with Gasteiger partial charge in [0.2, 0.25) is 6.08 Å². The molecule has 1 aliphatic heterocycles. The zero-order valence-corrected chi connectivity index (χ0v) is 4.87. The van der Waals surface area contributed by atoms with E-state index in [2.05, 4.69) is 4.99 Å². The van der Waals surface area contributed by atoms with E-state index in [1.165, 1.54) is 6.08 Å². The van der Waals surface area contributed by atoms with Crippen LogP contribution in [0, 0.1) is 0 Å². The summed E-state index contributed by atoms with van der Waals surface area (Å²) in [6.07, 6.45) is 1.10. The molecule has 0 N–H and O–H groups in total. The molecule has 1 aliphatic rings. The Balaban J connectivity index is 2.18. The van der Waals surface area contributed by atoms with E-state index in [4.69, 9.17) is 9.47 Å². The van der Waals surface area contributed by atoms with E-state index in [-0.39, 0.29) is 12.8 Å². The van der Waals surface area contributed by atoms with Crippen molar-refractivity contribution >= 4 is 6.08 Å². The minimum atomic E-state index is -0.313. The fourth-order valence-electron chi connectivity index (χ4n) is 0.624. The van der Waals surface area contributed by atoms with Crippen molar-refractivity contribution in [2.45, 2.75) is 6.29 Å². The summed E-state index contributed by atoms with van der Waals surface area (Å²) in [7, 11) is 0. The molecule has 0 spiro atoms. The molecule has 0 aromatic rings. The Labute approximate surface area is 52.5 Å². The number of aliphatic imine (C=N–C) groups is 1. The van der Waals surface area contributed by atoms with Gasteiger partial charge in [-0.1, -0.05) is 0 Å². The molecule has 4 nitrogen and oxygen atoms in total. The van der Waals surface area contributed by atoms with Gasteiger partial charge >= 0.3 is 0 Å². The van der Waals surface area contributed by atoms with Crippen LogP contribution in [0.15, 0.2) is 4.99 Å². The van der Waals surface area contributed by atoms with Gasteiger partial charge in [0.25, 0.3) is 0 Å². The molecule has 0 aromatic heterocycles. The maximum absolute atomic E-state index is 9.56. The highest BCUT2D eigenvalue weighted by Crippen LogP contribution is 2.02. The third kappa shape index (κ3) is 1.93. The second kappa shape index (κ2) is 3.35. The SMILES string of the molecule is O=C=NCC1OCCO1. The zero-order valence-electron chi connectivity index (χ0n) is 4.87. The van der Waals surface area contributed by atoms with Crippen LogP contribution in [0.2, 0.25) is 0 Å². The van der Waals surface area contributed by atoms with Gasteiger partial charge in [0.15, 0.2) is 6.29 Å². The molecule has 1 rings (SSSR count). The predicted molar refractivity (Wildman–Crippen MR) is 28.7 cm³/mol. The second-order valence-electron chi connectivity index (χ2n) is 1.60. The summed E-state index contributed by atoms with van der Waals surface area (Å²) in [5, 5.41) is 0. The third-order valence-corrected chi connectivity index (χ3v) is 0.996. The van der Waals surface area contributed by atoms with Crippen molar-refractivity contribution in [2.24, 2.45) is 4.99 Å². The van der Waals surface area contributed by atoms with E-state index in [9.17, 15) is 4.79 Å². The van der Waals surface area contributed by atoms with E-state index >= 15 is 0 Å². The van der Waals surface area contributed by atoms with Crippen LogP contribution in [0.3, 0.4) is 0 Å². The van der Waals surface area contributed by atoms with Crippen LogP contribution in [0.5, 0.6) is 0 Å². The smallest absolute Gasteiger partial charge is 0.235 e. The lowest BCUT2D eigenvalue weighted by molar-refractivity contribution is -0.0326. The van der Waals surface area contributed by atoms with E-state index < -0.39 is 0 Å². The van der Waals surface area contributed by atoms with E-state index in [0.717, 1.165) is 0 Å². The first-order chi connectivity index (χ1) is 4.43. The van der Waals surface area contributed by atoms with Crippen LogP contribution in [-0.4, -0.2) is 32.1 Å². The Morgan fingerprint density at radius 3 is 2.78 bits per heavy atom. The summed E-state index contributed by atoms with van der Waals surface area (Å²) in [5.74, 6) is 0. The fourth-order valence-corrected chi connectivity index (χ4v) is 0.624. The fraction of sp³-hybridized carbons (Fsp3) is 0.800. The molecule has 4 heteroatoms. The molecule has 50 valence electrons. The molecular formula is C5H7NO3. The number of nitrogens with zero attached hydrogens (tertiary/aromatic N) is 1. The Kier molecular flexibility index (Phi) is 2.39.